The van der Waals surface area contributed by atoms with Crippen LogP contribution in [0.1, 0.15) is 20.8 Å². The van der Waals surface area contributed by atoms with Crippen molar-refractivity contribution < 1.29 is 22.7 Å². The van der Waals surface area contributed by atoms with E-state index >= 15 is 0 Å². The molecule has 0 spiro atoms. The third-order valence-electron chi connectivity index (χ3n) is 4.63. The van der Waals surface area contributed by atoms with Crippen molar-refractivity contribution >= 4 is 16.1 Å². The fourth-order valence-electron chi connectivity index (χ4n) is 3.02. The molecule has 0 N–H and O–H groups in total. The summed E-state index contributed by atoms with van der Waals surface area (Å²) in [7, 11) is -1.88. The Bertz CT molecular complexity index is 711. The van der Waals surface area contributed by atoms with Crippen LogP contribution >= 0.6 is 0 Å². The third kappa shape index (κ3) is 5.12. The molecule has 1 fully saturated rings. The zero-order valence-electron chi connectivity index (χ0n) is 16.4. The lowest BCUT2D eigenvalue weighted by atomic mass is 10.2. The number of piperazine rings is 1. The van der Waals surface area contributed by atoms with E-state index in [4.69, 9.17) is 9.47 Å². The zero-order chi connectivity index (χ0) is 20.0. The molecule has 27 heavy (non-hydrogen) atoms. The Labute approximate surface area is 161 Å². The number of ether oxygens (including phenoxy) is 2. The highest BCUT2D eigenvalue weighted by molar-refractivity contribution is 7.86. The molecule has 0 radical (unpaired) electrons. The van der Waals surface area contributed by atoms with Gasteiger partial charge in [-0.2, -0.15) is 17.0 Å². The van der Waals surface area contributed by atoms with E-state index in [9.17, 15) is 13.2 Å². The van der Waals surface area contributed by atoms with Crippen LogP contribution in [0.15, 0.2) is 24.3 Å². The Morgan fingerprint density at radius 1 is 1.07 bits per heavy atom. The summed E-state index contributed by atoms with van der Waals surface area (Å²) in [6.07, 6.45) is -0.649. The zero-order valence-corrected chi connectivity index (χ0v) is 17.2. The van der Waals surface area contributed by atoms with Crippen molar-refractivity contribution in [1.82, 2.24) is 13.5 Å². The van der Waals surface area contributed by atoms with E-state index in [1.807, 2.05) is 13.8 Å². The number of hydrogen-bond acceptors (Lipinski definition) is 5. The Hall–Kier alpha value is -1.84. The Morgan fingerprint density at radius 2 is 1.59 bits per heavy atom. The van der Waals surface area contributed by atoms with E-state index in [2.05, 4.69) is 0 Å². The minimum atomic E-state index is -3.46. The van der Waals surface area contributed by atoms with Crippen LogP contribution in [0.2, 0.25) is 0 Å². The molecule has 9 heteroatoms. The molecule has 0 aromatic heterocycles. The molecular weight excluding hydrogens is 370 g/mol. The smallest absolute Gasteiger partial charge is 0.282 e. The van der Waals surface area contributed by atoms with Gasteiger partial charge in [-0.05, 0) is 31.2 Å². The van der Waals surface area contributed by atoms with Crippen molar-refractivity contribution in [3.05, 3.63) is 24.3 Å². The first kappa shape index (κ1) is 21.5. The first-order valence-corrected chi connectivity index (χ1v) is 10.6. The molecule has 152 valence electrons. The van der Waals surface area contributed by atoms with Gasteiger partial charge in [-0.1, -0.05) is 13.8 Å². The maximum Gasteiger partial charge on any atom is 0.282 e. The highest BCUT2D eigenvalue weighted by atomic mass is 32.2. The Kier molecular flexibility index (Phi) is 7.46. The number of methoxy groups -OCH3 is 1. The van der Waals surface area contributed by atoms with Gasteiger partial charge in [0.2, 0.25) is 0 Å². The van der Waals surface area contributed by atoms with Gasteiger partial charge in [-0.3, -0.25) is 4.79 Å². The summed E-state index contributed by atoms with van der Waals surface area (Å²) in [6.45, 7) is 7.50. The van der Waals surface area contributed by atoms with Crippen molar-refractivity contribution in [3.8, 4) is 11.5 Å². The summed E-state index contributed by atoms with van der Waals surface area (Å²) in [5.41, 5.74) is 0. The summed E-state index contributed by atoms with van der Waals surface area (Å²) in [4.78, 5) is 14.3. The molecule has 1 amide bonds. The second-order valence-corrected chi connectivity index (χ2v) is 8.18. The average Bonchev–Trinajstić information content (AvgIpc) is 2.68. The minimum absolute atomic E-state index is 0.147. The standard InChI is InChI=1S/C18H29N3O5S/c1-5-20(6-2)27(23,24)21-13-11-19(12-14-21)18(22)15(3)26-17-9-7-16(25-4)8-10-17/h7-10,15H,5-6,11-14H2,1-4H3. The average molecular weight is 400 g/mol. The SMILES string of the molecule is CCN(CC)S(=O)(=O)N1CCN(C(=O)C(C)Oc2ccc(OC)cc2)CC1. The van der Waals surface area contributed by atoms with Gasteiger partial charge in [0.05, 0.1) is 7.11 Å². The molecule has 0 aliphatic carbocycles. The van der Waals surface area contributed by atoms with Gasteiger partial charge in [-0.15, -0.1) is 0 Å². The summed E-state index contributed by atoms with van der Waals surface area (Å²) in [5.74, 6) is 1.15. The predicted octanol–water partition coefficient (Wildman–Crippen LogP) is 1.19. The van der Waals surface area contributed by atoms with E-state index in [-0.39, 0.29) is 5.91 Å². The topological polar surface area (TPSA) is 79.4 Å². The van der Waals surface area contributed by atoms with Gasteiger partial charge >= 0.3 is 0 Å². The number of benzene rings is 1. The van der Waals surface area contributed by atoms with Crippen LogP contribution in [-0.2, 0) is 15.0 Å². The lowest BCUT2D eigenvalue weighted by Gasteiger charge is -2.37. The van der Waals surface area contributed by atoms with Crippen LogP contribution < -0.4 is 9.47 Å². The van der Waals surface area contributed by atoms with Gasteiger partial charge in [0, 0.05) is 39.3 Å². The van der Waals surface area contributed by atoms with Gasteiger partial charge in [0.1, 0.15) is 11.5 Å². The van der Waals surface area contributed by atoms with Gasteiger partial charge in [0.25, 0.3) is 16.1 Å². The normalized spacial score (nSPS) is 17.0. The molecule has 1 atom stereocenters. The fourth-order valence-corrected chi connectivity index (χ4v) is 4.62. The maximum atomic E-state index is 12.6. The Morgan fingerprint density at radius 3 is 2.07 bits per heavy atom. The van der Waals surface area contributed by atoms with E-state index in [1.54, 1.807) is 43.2 Å². The molecule has 1 saturated heterocycles. The van der Waals surface area contributed by atoms with Crippen molar-refractivity contribution in [2.24, 2.45) is 0 Å². The molecule has 1 unspecified atom stereocenters. The molecule has 1 aliphatic heterocycles. The van der Waals surface area contributed by atoms with Crippen LogP contribution in [0.25, 0.3) is 0 Å². The summed E-state index contributed by atoms with van der Waals surface area (Å²) >= 11 is 0. The summed E-state index contributed by atoms with van der Waals surface area (Å²) in [5, 5.41) is 0. The third-order valence-corrected chi connectivity index (χ3v) is 6.82. The van der Waals surface area contributed by atoms with Gasteiger partial charge in [0.15, 0.2) is 6.10 Å². The summed E-state index contributed by atoms with van der Waals surface area (Å²) in [6, 6.07) is 7.03. The van der Waals surface area contributed by atoms with E-state index in [1.165, 1.54) is 8.61 Å². The number of nitrogens with zero attached hydrogens (tertiary/aromatic N) is 3. The molecule has 1 aliphatic rings. The quantitative estimate of drug-likeness (QED) is 0.656. The van der Waals surface area contributed by atoms with Crippen molar-refractivity contribution in [2.75, 3.05) is 46.4 Å². The molecule has 1 heterocycles. The number of carbonyl (C=O) groups excluding carboxylic acids is 1. The lowest BCUT2D eigenvalue weighted by Crippen LogP contribution is -2.55. The lowest BCUT2D eigenvalue weighted by molar-refractivity contribution is -0.139. The van der Waals surface area contributed by atoms with E-state index in [0.717, 1.165) is 0 Å². The second-order valence-electron chi connectivity index (χ2n) is 6.25. The summed E-state index contributed by atoms with van der Waals surface area (Å²) < 4.78 is 38.8. The number of carbonyl (C=O) groups is 1. The maximum absolute atomic E-state index is 12.6. The highest BCUT2D eigenvalue weighted by Crippen LogP contribution is 2.19. The fraction of sp³-hybridized carbons (Fsp3) is 0.611. The van der Waals surface area contributed by atoms with Crippen LogP contribution in [0, 0.1) is 0 Å². The molecule has 8 nitrogen and oxygen atoms in total. The monoisotopic (exact) mass is 399 g/mol. The first-order chi connectivity index (χ1) is 12.8. The van der Waals surface area contributed by atoms with Gasteiger partial charge < -0.3 is 14.4 Å². The van der Waals surface area contributed by atoms with E-state index < -0.39 is 16.3 Å². The molecule has 1 aromatic rings. The molecular formula is C18H29N3O5S. The molecule has 0 bridgehead atoms. The number of hydrogen-bond donors (Lipinski definition) is 0. The Balaban J connectivity index is 1.91. The largest absolute Gasteiger partial charge is 0.497 e. The van der Waals surface area contributed by atoms with Crippen LogP contribution in [0.3, 0.4) is 0 Å². The molecule has 0 saturated carbocycles. The van der Waals surface area contributed by atoms with Gasteiger partial charge in [-0.25, -0.2) is 0 Å². The van der Waals surface area contributed by atoms with Crippen molar-refractivity contribution in [3.63, 3.8) is 0 Å². The first-order valence-electron chi connectivity index (χ1n) is 9.18. The van der Waals surface area contributed by atoms with Crippen molar-refractivity contribution in [1.29, 1.82) is 0 Å². The van der Waals surface area contributed by atoms with Crippen LogP contribution in [0.5, 0.6) is 11.5 Å². The number of amides is 1. The predicted molar refractivity (Wildman–Crippen MR) is 103 cm³/mol. The van der Waals surface area contributed by atoms with E-state index in [0.29, 0.717) is 50.8 Å². The number of rotatable bonds is 8. The molecule has 1 aromatic carbocycles. The van der Waals surface area contributed by atoms with Crippen LogP contribution in [-0.4, -0.2) is 80.3 Å². The van der Waals surface area contributed by atoms with Crippen LogP contribution in [0.4, 0.5) is 0 Å². The highest BCUT2D eigenvalue weighted by Gasteiger charge is 2.33. The molecule has 2 rings (SSSR count). The minimum Gasteiger partial charge on any atom is -0.497 e. The van der Waals surface area contributed by atoms with Crippen molar-refractivity contribution in [2.45, 2.75) is 26.9 Å². The second kappa shape index (κ2) is 9.38.